The van der Waals surface area contributed by atoms with E-state index >= 15 is 0 Å². The van der Waals surface area contributed by atoms with Gasteiger partial charge in [0, 0.05) is 17.8 Å². The molecule has 3 aromatic carbocycles. The number of benzene rings is 3. The third-order valence-electron chi connectivity index (χ3n) is 4.17. The maximum absolute atomic E-state index is 13.8. The van der Waals surface area contributed by atoms with Gasteiger partial charge in [0.05, 0.1) is 27.8 Å². The Morgan fingerprint density at radius 2 is 1.62 bits per heavy atom. The van der Waals surface area contributed by atoms with Crippen LogP contribution < -0.4 is 14.8 Å². The van der Waals surface area contributed by atoms with Crippen molar-refractivity contribution in [1.82, 2.24) is 0 Å². The lowest BCUT2D eigenvalue weighted by molar-refractivity contribution is 0.102. The first-order valence-corrected chi connectivity index (χ1v) is 11.0. The maximum atomic E-state index is 13.8. The minimum absolute atomic E-state index is 0.134. The number of carbonyl (C=O) groups excluding carboxylic acids is 1. The molecule has 0 bridgehead atoms. The summed E-state index contributed by atoms with van der Waals surface area (Å²) in [6.45, 7) is 2.26. The van der Waals surface area contributed by atoms with Crippen LogP contribution in [-0.4, -0.2) is 20.9 Å². The third kappa shape index (κ3) is 5.32. The molecule has 1 amide bonds. The molecule has 168 valence electrons. The molecular weight excluding hydrogens is 469 g/mol. The minimum Gasteiger partial charge on any atom is -0.494 e. The molecule has 0 aliphatic carbocycles. The first-order valence-electron chi connectivity index (χ1n) is 9.12. The van der Waals surface area contributed by atoms with Crippen LogP contribution in [0.15, 0.2) is 59.5 Å². The van der Waals surface area contributed by atoms with Gasteiger partial charge in [-0.2, -0.15) is 0 Å². The number of hydrogen-bond acceptors (Lipinski definition) is 4. The van der Waals surface area contributed by atoms with E-state index in [0.717, 1.165) is 6.07 Å². The van der Waals surface area contributed by atoms with E-state index in [1.54, 1.807) is 12.1 Å². The highest BCUT2D eigenvalue weighted by molar-refractivity contribution is 7.92. The van der Waals surface area contributed by atoms with Crippen molar-refractivity contribution < 1.29 is 31.1 Å². The predicted molar refractivity (Wildman–Crippen MR) is 114 cm³/mol. The van der Waals surface area contributed by atoms with Crippen molar-refractivity contribution in [3.63, 3.8) is 0 Å². The number of halogens is 4. The zero-order valence-electron chi connectivity index (χ0n) is 16.5. The Labute approximate surface area is 187 Å². The summed E-state index contributed by atoms with van der Waals surface area (Å²) in [7, 11) is -4.12. The lowest BCUT2D eigenvalue weighted by atomic mass is 10.2. The third-order valence-corrected chi connectivity index (χ3v) is 5.88. The van der Waals surface area contributed by atoms with Crippen LogP contribution in [0.4, 0.5) is 24.5 Å². The fourth-order valence-electron chi connectivity index (χ4n) is 2.65. The van der Waals surface area contributed by atoms with E-state index < -0.39 is 39.1 Å². The minimum atomic E-state index is -4.12. The molecule has 0 spiro atoms. The van der Waals surface area contributed by atoms with Gasteiger partial charge in [-0.1, -0.05) is 11.6 Å². The molecule has 32 heavy (non-hydrogen) atoms. The Balaban J connectivity index is 1.85. The highest BCUT2D eigenvalue weighted by Crippen LogP contribution is 2.25. The number of anilines is 2. The zero-order valence-corrected chi connectivity index (χ0v) is 18.0. The van der Waals surface area contributed by atoms with Crippen LogP contribution in [0.2, 0.25) is 5.02 Å². The number of rotatable bonds is 7. The standard InChI is InChI=1S/C21H16ClF3N2O4S/c1-2-31-13-5-3-12(4-6-13)27-32(29,30)14-7-8-16(22)15(9-14)21(28)26-20-11-18(24)17(23)10-19(20)25/h3-11,27H,2H2,1H3,(H,26,28). The lowest BCUT2D eigenvalue weighted by Crippen LogP contribution is -2.17. The van der Waals surface area contributed by atoms with Crippen LogP contribution in [0.5, 0.6) is 5.75 Å². The van der Waals surface area contributed by atoms with Gasteiger partial charge >= 0.3 is 0 Å². The molecule has 0 aromatic heterocycles. The zero-order chi connectivity index (χ0) is 23.5. The quantitative estimate of drug-likeness (QED) is 0.451. The number of nitrogens with one attached hydrogen (secondary N) is 2. The summed E-state index contributed by atoms with van der Waals surface area (Å²) in [5.74, 6) is -4.46. The van der Waals surface area contributed by atoms with Crippen molar-refractivity contribution in [2.75, 3.05) is 16.6 Å². The second kappa shape index (κ2) is 9.49. The van der Waals surface area contributed by atoms with Gasteiger partial charge in [0.25, 0.3) is 15.9 Å². The smallest absolute Gasteiger partial charge is 0.261 e. The molecule has 0 saturated carbocycles. The first-order chi connectivity index (χ1) is 15.1. The molecule has 0 fully saturated rings. The summed E-state index contributed by atoms with van der Waals surface area (Å²) in [4.78, 5) is 12.2. The topological polar surface area (TPSA) is 84.5 Å². The van der Waals surface area contributed by atoms with Crippen LogP contribution >= 0.6 is 11.6 Å². The number of amides is 1. The molecule has 3 rings (SSSR count). The highest BCUT2D eigenvalue weighted by atomic mass is 35.5. The van der Waals surface area contributed by atoms with Crippen LogP contribution in [0.25, 0.3) is 0 Å². The van der Waals surface area contributed by atoms with Crippen LogP contribution in [0.1, 0.15) is 17.3 Å². The van der Waals surface area contributed by atoms with Crippen LogP contribution in [0, 0.1) is 17.5 Å². The van der Waals surface area contributed by atoms with Crippen molar-refractivity contribution in [2.45, 2.75) is 11.8 Å². The average molecular weight is 485 g/mol. The molecule has 0 unspecified atom stereocenters. The summed E-state index contributed by atoms with van der Waals surface area (Å²) >= 11 is 5.99. The van der Waals surface area contributed by atoms with Crippen molar-refractivity contribution in [3.8, 4) is 5.75 Å². The molecule has 0 aliphatic heterocycles. The fraction of sp³-hybridized carbons (Fsp3) is 0.0952. The molecule has 3 aromatic rings. The molecule has 0 heterocycles. The van der Waals surface area contributed by atoms with Gasteiger partial charge < -0.3 is 10.1 Å². The molecule has 0 atom stereocenters. The highest BCUT2D eigenvalue weighted by Gasteiger charge is 2.20. The van der Waals surface area contributed by atoms with Gasteiger partial charge in [-0.3, -0.25) is 9.52 Å². The van der Waals surface area contributed by atoms with Gasteiger partial charge in [0.1, 0.15) is 11.6 Å². The first kappa shape index (κ1) is 23.4. The van der Waals surface area contributed by atoms with Crippen LogP contribution in [0.3, 0.4) is 0 Å². The number of hydrogen-bond donors (Lipinski definition) is 2. The largest absolute Gasteiger partial charge is 0.494 e. The Kier molecular flexibility index (Phi) is 6.95. The lowest BCUT2D eigenvalue weighted by Gasteiger charge is -2.12. The maximum Gasteiger partial charge on any atom is 0.261 e. The van der Waals surface area contributed by atoms with E-state index in [4.69, 9.17) is 16.3 Å². The van der Waals surface area contributed by atoms with Gasteiger partial charge in [-0.25, -0.2) is 21.6 Å². The van der Waals surface area contributed by atoms with Gasteiger partial charge in [-0.05, 0) is 49.4 Å². The van der Waals surface area contributed by atoms with Gasteiger partial charge in [-0.15, -0.1) is 0 Å². The summed E-state index contributed by atoms with van der Waals surface area (Å²) in [6.07, 6.45) is 0. The summed E-state index contributed by atoms with van der Waals surface area (Å²) < 4.78 is 73.4. The normalized spacial score (nSPS) is 11.2. The van der Waals surface area contributed by atoms with Crippen molar-refractivity contribution >= 4 is 38.9 Å². The van der Waals surface area contributed by atoms with E-state index in [9.17, 15) is 26.4 Å². The summed E-state index contributed by atoms with van der Waals surface area (Å²) in [5, 5.41) is 1.91. The molecule has 0 saturated heterocycles. The van der Waals surface area contributed by atoms with Crippen molar-refractivity contribution in [2.24, 2.45) is 0 Å². The van der Waals surface area contributed by atoms with E-state index in [0.29, 0.717) is 18.4 Å². The van der Waals surface area contributed by atoms with E-state index in [-0.39, 0.29) is 27.2 Å². The SMILES string of the molecule is CCOc1ccc(NS(=O)(=O)c2ccc(Cl)c(C(=O)Nc3cc(F)c(F)cc3F)c2)cc1. The molecular formula is C21H16ClF3N2O4S. The predicted octanol–water partition coefficient (Wildman–Crippen LogP) is 5.21. The molecule has 0 aliphatic rings. The second-order valence-corrected chi connectivity index (χ2v) is 8.49. The molecule has 0 radical (unpaired) electrons. The summed E-state index contributed by atoms with van der Waals surface area (Å²) in [5.41, 5.74) is -0.700. The van der Waals surface area contributed by atoms with Gasteiger partial charge in [0.2, 0.25) is 0 Å². The number of sulfonamides is 1. The Morgan fingerprint density at radius 1 is 0.969 bits per heavy atom. The molecule has 2 N–H and O–H groups in total. The number of carbonyl (C=O) groups is 1. The monoisotopic (exact) mass is 484 g/mol. The second-order valence-electron chi connectivity index (χ2n) is 6.40. The van der Waals surface area contributed by atoms with Crippen LogP contribution in [-0.2, 0) is 10.0 Å². The fourth-order valence-corrected chi connectivity index (χ4v) is 3.94. The van der Waals surface area contributed by atoms with E-state index in [1.807, 2.05) is 12.2 Å². The van der Waals surface area contributed by atoms with Gasteiger partial charge in [0.15, 0.2) is 11.6 Å². The van der Waals surface area contributed by atoms with E-state index in [2.05, 4.69) is 4.72 Å². The average Bonchev–Trinajstić information content (AvgIpc) is 2.73. The number of ether oxygens (including phenoxy) is 1. The molecule has 11 heteroatoms. The van der Waals surface area contributed by atoms with E-state index in [1.165, 1.54) is 24.3 Å². The summed E-state index contributed by atoms with van der Waals surface area (Å²) in [6, 6.07) is 10.2. The molecule has 6 nitrogen and oxygen atoms in total. The Bertz CT molecular complexity index is 1270. The Hall–Kier alpha value is -3.24. The Morgan fingerprint density at radius 3 is 2.28 bits per heavy atom. The van der Waals surface area contributed by atoms with Crippen molar-refractivity contribution in [3.05, 3.63) is 82.6 Å². The van der Waals surface area contributed by atoms with Crippen molar-refractivity contribution in [1.29, 1.82) is 0 Å².